The van der Waals surface area contributed by atoms with Gasteiger partial charge in [-0.05, 0) is 48.5 Å². The summed E-state index contributed by atoms with van der Waals surface area (Å²) in [5, 5.41) is 2.70. The van der Waals surface area contributed by atoms with E-state index in [4.69, 9.17) is 4.42 Å². The summed E-state index contributed by atoms with van der Waals surface area (Å²) in [6.07, 6.45) is 2.99. The third-order valence-electron chi connectivity index (χ3n) is 3.83. The molecule has 2 amide bonds. The molecular weight excluding hydrogens is 332 g/mol. The van der Waals surface area contributed by atoms with Crippen molar-refractivity contribution in [2.75, 3.05) is 10.7 Å². The number of nitrogens with one attached hydrogen (secondary N) is 2. The first-order valence-corrected chi connectivity index (χ1v) is 7.89. The highest BCUT2D eigenvalue weighted by atomic mass is 16.3. The number of carbonyl (C=O) groups excluding carboxylic acids is 2. The van der Waals surface area contributed by atoms with Crippen molar-refractivity contribution in [3.63, 3.8) is 0 Å². The van der Waals surface area contributed by atoms with Gasteiger partial charge >= 0.3 is 0 Å². The second kappa shape index (κ2) is 6.56. The van der Waals surface area contributed by atoms with Crippen LogP contribution in [0.5, 0.6) is 0 Å². The van der Waals surface area contributed by atoms with Crippen LogP contribution >= 0.6 is 0 Å². The van der Waals surface area contributed by atoms with E-state index in [-0.39, 0.29) is 17.6 Å². The van der Waals surface area contributed by atoms with Gasteiger partial charge in [-0.2, -0.15) is 0 Å². The molecule has 0 unspecified atom stereocenters. The summed E-state index contributed by atoms with van der Waals surface area (Å²) in [6.45, 7) is 0. The number of aromatic nitrogens is 2. The van der Waals surface area contributed by atoms with Gasteiger partial charge in [0, 0.05) is 11.3 Å². The van der Waals surface area contributed by atoms with E-state index in [2.05, 4.69) is 15.7 Å². The van der Waals surface area contributed by atoms with E-state index in [1.54, 1.807) is 47.4 Å². The Morgan fingerprint density at radius 2 is 1.73 bits per heavy atom. The number of para-hydroxylation sites is 2. The minimum Gasteiger partial charge on any atom is -0.459 e. The minimum absolute atomic E-state index is 0.221. The average molecular weight is 346 g/mol. The third kappa shape index (κ3) is 3.05. The number of hydrogen-bond acceptors (Lipinski definition) is 4. The molecule has 0 aliphatic carbocycles. The number of nitrogens with zero attached hydrogens (tertiary/aromatic N) is 2. The first kappa shape index (κ1) is 15.6. The molecule has 0 fully saturated rings. The van der Waals surface area contributed by atoms with Crippen molar-refractivity contribution < 1.29 is 14.0 Å². The van der Waals surface area contributed by atoms with Crippen LogP contribution in [0.1, 0.15) is 20.9 Å². The number of hydrogen-bond donors (Lipinski definition) is 2. The van der Waals surface area contributed by atoms with E-state index in [0.29, 0.717) is 11.3 Å². The van der Waals surface area contributed by atoms with Crippen LogP contribution in [-0.2, 0) is 0 Å². The average Bonchev–Trinajstić information content (AvgIpc) is 3.33. The highest BCUT2D eigenvalue weighted by molar-refractivity contribution is 6.03. The Kier molecular flexibility index (Phi) is 3.95. The number of benzene rings is 2. The number of amides is 2. The van der Waals surface area contributed by atoms with E-state index in [1.807, 2.05) is 24.3 Å². The zero-order valence-electron chi connectivity index (χ0n) is 13.5. The van der Waals surface area contributed by atoms with Gasteiger partial charge in [0.1, 0.15) is 6.33 Å². The fraction of sp³-hybridized carbons (Fsp3) is 0. The number of carbonyl (C=O) groups is 2. The second-order valence-corrected chi connectivity index (χ2v) is 5.55. The Morgan fingerprint density at radius 1 is 0.923 bits per heavy atom. The predicted molar refractivity (Wildman–Crippen MR) is 96.5 cm³/mol. The SMILES string of the molecule is O=C(Nn1cnc2ccccc21)c1ccc(NC(=O)c2ccco2)cc1. The van der Waals surface area contributed by atoms with Gasteiger partial charge in [-0.15, -0.1) is 0 Å². The third-order valence-corrected chi connectivity index (χ3v) is 3.83. The van der Waals surface area contributed by atoms with E-state index in [1.165, 1.54) is 6.26 Å². The number of furan rings is 1. The molecule has 2 heterocycles. The van der Waals surface area contributed by atoms with Crippen molar-refractivity contribution in [2.24, 2.45) is 0 Å². The maximum absolute atomic E-state index is 12.4. The molecular formula is C19H14N4O3. The molecule has 0 saturated heterocycles. The van der Waals surface area contributed by atoms with Gasteiger partial charge < -0.3 is 9.73 Å². The van der Waals surface area contributed by atoms with Crippen molar-refractivity contribution in [2.45, 2.75) is 0 Å². The summed E-state index contributed by atoms with van der Waals surface area (Å²) in [4.78, 5) is 28.6. The molecule has 4 aromatic rings. The van der Waals surface area contributed by atoms with Gasteiger partial charge in [-0.1, -0.05) is 12.1 Å². The monoisotopic (exact) mass is 346 g/mol. The molecule has 7 nitrogen and oxygen atoms in total. The molecule has 0 radical (unpaired) electrons. The predicted octanol–water partition coefficient (Wildman–Crippen LogP) is 3.27. The molecule has 0 aliphatic heterocycles. The van der Waals surface area contributed by atoms with Crippen molar-refractivity contribution in [1.82, 2.24) is 9.66 Å². The standard InChI is InChI=1S/C19H14N4O3/c24-18(22-23-12-20-15-4-1-2-5-16(15)23)13-7-9-14(10-8-13)21-19(25)17-6-3-11-26-17/h1-12H,(H,21,25)(H,22,24). The summed E-state index contributed by atoms with van der Waals surface area (Å²) in [5.74, 6) is -0.409. The Bertz CT molecular complexity index is 1070. The lowest BCUT2D eigenvalue weighted by atomic mass is 10.2. The van der Waals surface area contributed by atoms with E-state index < -0.39 is 0 Å². The molecule has 0 bridgehead atoms. The molecule has 26 heavy (non-hydrogen) atoms. The quantitative estimate of drug-likeness (QED) is 0.593. The molecule has 2 aromatic heterocycles. The van der Waals surface area contributed by atoms with Gasteiger partial charge in [-0.25, -0.2) is 9.66 Å². The van der Waals surface area contributed by atoms with Crippen molar-refractivity contribution in [1.29, 1.82) is 0 Å². The molecule has 7 heteroatoms. The molecule has 2 aromatic carbocycles. The largest absolute Gasteiger partial charge is 0.459 e. The molecule has 0 atom stereocenters. The number of anilines is 1. The molecule has 0 aliphatic rings. The normalized spacial score (nSPS) is 10.6. The lowest BCUT2D eigenvalue weighted by Gasteiger charge is -2.08. The van der Waals surface area contributed by atoms with Crippen LogP contribution < -0.4 is 10.7 Å². The summed E-state index contributed by atoms with van der Waals surface area (Å²) >= 11 is 0. The van der Waals surface area contributed by atoms with Gasteiger partial charge in [0.05, 0.1) is 17.3 Å². The van der Waals surface area contributed by atoms with Crippen LogP contribution in [0.25, 0.3) is 11.0 Å². The minimum atomic E-state index is -0.350. The Labute approximate surface area is 148 Å². The van der Waals surface area contributed by atoms with E-state index >= 15 is 0 Å². The molecule has 128 valence electrons. The lowest BCUT2D eigenvalue weighted by molar-refractivity contribution is 0.0994. The first-order chi connectivity index (χ1) is 12.7. The van der Waals surface area contributed by atoms with E-state index in [0.717, 1.165) is 11.0 Å². The van der Waals surface area contributed by atoms with Crippen LogP contribution in [0.15, 0.2) is 77.7 Å². The maximum Gasteiger partial charge on any atom is 0.291 e. The van der Waals surface area contributed by atoms with Crippen molar-refractivity contribution >= 4 is 28.5 Å². The zero-order chi connectivity index (χ0) is 17.9. The van der Waals surface area contributed by atoms with Gasteiger partial charge in [0.2, 0.25) is 0 Å². The summed E-state index contributed by atoms with van der Waals surface area (Å²) in [7, 11) is 0. The van der Waals surface area contributed by atoms with Crippen LogP contribution in [-0.4, -0.2) is 21.5 Å². The zero-order valence-corrected chi connectivity index (χ0v) is 13.5. The Balaban J connectivity index is 1.46. The number of fused-ring (bicyclic) bond motifs is 1. The molecule has 0 saturated carbocycles. The van der Waals surface area contributed by atoms with Crippen LogP contribution in [0.4, 0.5) is 5.69 Å². The first-order valence-electron chi connectivity index (χ1n) is 7.89. The molecule has 4 rings (SSSR count). The van der Waals surface area contributed by atoms with Crippen molar-refractivity contribution in [3.05, 3.63) is 84.6 Å². The molecule has 0 spiro atoms. The lowest BCUT2D eigenvalue weighted by Crippen LogP contribution is -2.22. The van der Waals surface area contributed by atoms with Gasteiger partial charge in [0.15, 0.2) is 5.76 Å². The van der Waals surface area contributed by atoms with Crippen molar-refractivity contribution in [3.8, 4) is 0 Å². The summed E-state index contributed by atoms with van der Waals surface area (Å²) in [5.41, 5.74) is 5.40. The fourth-order valence-corrected chi connectivity index (χ4v) is 2.53. The highest BCUT2D eigenvalue weighted by Gasteiger charge is 2.11. The van der Waals surface area contributed by atoms with Gasteiger partial charge in [-0.3, -0.25) is 15.0 Å². The Hall–Kier alpha value is -3.87. The Morgan fingerprint density at radius 3 is 2.50 bits per heavy atom. The molecule has 2 N–H and O–H groups in total. The summed E-state index contributed by atoms with van der Waals surface area (Å²) < 4.78 is 6.61. The fourth-order valence-electron chi connectivity index (χ4n) is 2.53. The topological polar surface area (TPSA) is 89.2 Å². The summed E-state index contributed by atoms with van der Waals surface area (Å²) in [6, 6.07) is 17.3. The smallest absolute Gasteiger partial charge is 0.291 e. The second-order valence-electron chi connectivity index (χ2n) is 5.55. The van der Waals surface area contributed by atoms with E-state index in [9.17, 15) is 9.59 Å². The van der Waals surface area contributed by atoms with Crippen LogP contribution in [0.3, 0.4) is 0 Å². The number of imidazole rings is 1. The maximum atomic E-state index is 12.4. The van der Waals surface area contributed by atoms with Crippen LogP contribution in [0.2, 0.25) is 0 Å². The number of rotatable bonds is 4. The highest BCUT2D eigenvalue weighted by Crippen LogP contribution is 2.14. The van der Waals surface area contributed by atoms with Crippen LogP contribution in [0, 0.1) is 0 Å². The van der Waals surface area contributed by atoms with Gasteiger partial charge in [0.25, 0.3) is 11.8 Å².